The topological polar surface area (TPSA) is 78.3 Å². The summed E-state index contributed by atoms with van der Waals surface area (Å²) in [5, 5.41) is 4.39. The quantitative estimate of drug-likeness (QED) is 0.471. The molecule has 6 nitrogen and oxygen atoms in total. The van der Waals surface area contributed by atoms with Gasteiger partial charge < -0.3 is 10.5 Å². The third-order valence-electron chi connectivity index (χ3n) is 4.85. The summed E-state index contributed by atoms with van der Waals surface area (Å²) in [5.41, 5.74) is 10.6. The highest BCUT2D eigenvalue weighted by Crippen LogP contribution is 2.32. The maximum absolute atomic E-state index is 6.22. The van der Waals surface area contributed by atoms with Crippen molar-refractivity contribution in [2.24, 2.45) is 0 Å². The summed E-state index contributed by atoms with van der Waals surface area (Å²) < 4.78 is 7.73. The van der Waals surface area contributed by atoms with E-state index >= 15 is 0 Å². The lowest BCUT2D eigenvalue weighted by molar-refractivity contribution is 0.306. The van der Waals surface area contributed by atoms with Crippen LogP contribution >= 0.6 is 0 Å². The number of anilines is 1. The van der Waals surface area contributed by atoms with Crippen molar-refractivity contribution in [2.45, 2.75) is 6.61 Å². The fraction of sp³-hybridized carbons (Fsp3) is 0.0417. The fourth-order valence-corrected chi connectivity index (χ4v) is 3.40. The van der Waals surface area contributed by atoms with E-state index in [9.17, 15) is 0 Å². The van der Waals surface area contributed by atoms with Crippen molar-refractivity contribution < 1.29 is 4.74 Å². The number of imidazole rings is 1. The van der Waals surface area contributed by atoms with Crippen molar-refractivity contribution in [3.63, 3.8) is 0 Å². The summed E-state index contributed by atoms with van der Waals surface area (Å²) in [4.78, 5) is 9.05. The second-order valence-corrected chi connectivity index (χ2v) is 6.86. The van der Waals surface area contributed by atoms with Crippen LogP contribution in [0.3, 0.4) is 0 Å². The molecule has 5 aromatic rings. The Kier molecular flexibility index (Phi) is 4.57. The van der Waals surface area contributed by atoms with Gasteiger partial charge in [0.1, 0.15) is 29.9 Å². The van der Waals surface area contributed by atoms with Gasteiger partial charge in [-0.05, 0) is 17.7 Å². The molecule has 0 unspecified atom stereocenters. The van der Waals surface area contributed by atoms with Gasteiger partial charge in [0.2, 0.25) is 0 Å². The predicted octanol–water partition coefficient (Wildman–Crippen LogP) is 4.62. The molecule has 0 amide bonds. The first-order valence-electron chi connectivity index (χ1n) is 9.61. The molecule has 5 rings (SSSR count). The molecule has 0 aliphatic carbocycles. The van der Waals surface area contributed by atoms with Crippen LogP contribution in [0.1, 0.15) is 5.56 Å². The molecule has 6 heteroatoms. The molecule has 2 aromatic heterocycles. The third-order valence-corrected chi connectivity index (χ3v) is 4.85. The lowest BCUT2D eigenvalue weighted by Crippen LogP contribution is -2.00. The number of nitrogens with zero attached hydrogens (tertiary/aromatic N) is 4. The van der Waals surface area contributed by atoms with Crippen LogP contribution in [0.2, 0.25) is 0 Å². The highest BCUT2D eigenvalue weighted by atomic mass is 16.5. The predicted molar refractivity (Wildman–Crippen MR) is 117 cm³/mol. The van der Waals surface area contributed by atoms with Gasteiger partial charge in [0.15, 0.2) is 11.6 Å². The van der Waals surface area contributed by atoms with Crippen molar-refractivity contribution in [3.8, 4) is 28.4 Å². The van der Waals surface area contributed by atoms with Gasteiger partial charge in [-0.25, -0.2) is 14.5 Å². The second kappa shape index (κ2) is 7.67. The van der Waals surface area contributed by atoms with E-state index in [1.165, 1.54) is 6.33 Å². The van der Waals surface area contributed by atoms with Gasteiger partial charge in [-0.2, -0.15) is 5.10 Å². The van der Waals surface area contributed by atoms with E-state index in [4.69, 9.17) is 15.5 Å². The van der Waals surface area contributed by atoms with Gasteiger partial charge in [-0.15, -0.1) is 0 Å². The highest BCUT2D eigenvalue weighted by molar-refractivity contribution is 5.87. The first-order valence-corrected chi connectivity index (χ1v) is 9.61. The van der Waals surface area contributed by atoms with E-state index in [1.54, 1.807) is 4.52 Å². The number of nitrogens with two attached hydrogens (primary N) is 1. The summed E-state index contributed by atoms with van der Waals surface area (Å²) in [7, 11) is 0. The molecule has 146 valence electrons. The van der Waals surface area contributed by atoms with Crippen LogP contribution in [0.4, 0.5) is 5.82 Å². The van der Waals surface area contributed by atoms with Crippen LogP contribution in [-0.4, -0.2) is 19.6 Å². The molecule has 0 atom stereocenters. The summed E-state index contributed by atoms with van der Waals surface area (Å²) in [6.07, 6.45) is 1.44. The van der Waals surface area contributed by atoms with Crippen LogP contribution in [0.5, 0.6) is 5.75 Å². The summed E-state index contributed by atoms with van der Waals surface area (Å²) >= 11 is 0. The number of nitrogen functional groups attached to an aromatic ring is 1. The van der Waals surface area contributed by atoms with Crippen molar-refractivity contribution in [1.82, 2.24) is 19.6 Å². The normalized spacial score (nSPS) is 10.9. The maximum atomic E-state index is 6.22. The number of benzene rings is 3. The van der Waals surface area contributed by atoms with Crippen LogP contribution in [0.25, 0.3) is 28.2 Å². The Balaban J connectivity index is 1.57. The Bertz CT molecular complexity index is 1300. The number of rotatable bonds is 5. The van der Waals surface area contributed by atoms with Gasteiger partial charge in [0.25, 0.3) is 0 Å². The van der Waals surface area contributed by atoms with Gasteiger partial charge in [-0.3, -0.25) is 0 Å². The zero-order valence-electron chi connectivity index (χ0n) is 16.1. The molecular weight excluding hydrogens is 374 g/mol. The van der Waals surface area contributed by atoms with Gasteiger partial charge >= 0.3 is 0 Å². The summed E-state index contributed by atoms with van der Waals surface area (Å²) in [6.45, 7) is 0.495. The van der Waals surface area contributed by atoms with Gasteiger partial charge in [0, 0.05) is 11.1 Å². The molecule has 0 saturated carbocycles. The van der Waals surface area contributed by atoms with Crippen molar-refractivity contribution in [3.05, 3.63) is 96.8 Å². The zero-order chi connectivity index (χ0) is 20.3. The Morgan fingerprint density at radius 3 is 2.37 bits per heavy atom. The molecule has 0 aliphatic rings. The molecule has 2 heterocycles. The summed E-state index contributed by atoms with van der Waals surface area (Å²) in [5.74, 6) is 1.85. The van der Waals surface area contributed by atoms with Crippen molar-refractivity contribution >= 4 is 11.3 Å². The lowest BCUT2D eigenvalue weighted by atomic mass is 10.1. The van der Waals surface area contributed by atoms with E-state index in [0.29, 0.717) is 23.8 Å². The van der Waals surface area contributed by atoms with E-state index in [-0.39, 0.29) is 0 Å². The largest absolute Gasteiger partial charge is 0.489 e. The molecular formula is C24H19N5O. The van der Waals surface area contributed by atoms with Crippen molar-refractivity contribution in [2.75, 3.05) is 5.73 Å². The molecule has 0 radical (unpaired) electrons. The average molecular weight is 393 g/mol. The number of aromatic nitrogens is 4. The lowest BCUT2D eigenvalue weighted by Gasteiger charge is -2.08. The molecule has 0 aliphatic heterocycles. The molecule has 0 spiro atoms. The Morgan fingerprint density at radius 2 is 1.57 bits per heavy atom. The van der Waals surface area contributed by atoms with E-state index in [1.807, 2.05) is 84.9 Å². The minimum Gasteiger partial charge on any atom is -0.489 e. The van der Waals surface area contributed by atoms with Crippen LogP contribution < -0.4 is 10.5 Å². The maximum Gasteiger partial charge on any atom is 0.162 e. The number of hydrogen-bond donors (Lipinski definition) is 1. The molecule has 30 heavy (non-hydrogen) atoms. The smallest absolute Gasteiger partial charge is 0.162 e. The van der Waals surface area contributed by atoms with E-state index < -0.39 is 0 Å². The monoisotopic (exact) mass is 393 g/mol. The average Bonchev–Trinajstić information content (AvgIpc) is 3.20. The minimum atomic E-state index is 0.380. The van der Waals surface area contributed by atoms with Gasteiger partial charge in [-0.1, -0.05) is 72.8 Å². The number of ether oxygens (including phenoxy) is 1. The van der Waals surface area contributed by atoms with E-state index in [0.717, 1.165) is 28.1 Å². The fourth-order valence-electron chi connectivity index (χ4n) is 3.40. The van der Waals surface area contributed by atoms with Crippen LogP contribution in [0.15, 0.2) is 91.3 Å². The number of fused-ring (bicyclic) bond motifs is 1. The molecule has 0 bridgehead atoms. The first kappa shape index (κ1) is 17.9. The summed E-state index contributed by atoms with van der Waals surface area (Å²) in [6, 6.07) is 27.8. The van der Waals surface area contributed by atoms with E-state index in [2.05, 4.69) is 10.1 Å². The number of hydrogen-bond acceptors (Lipinski definition) is 5. The van der Waals surface area contributed by atoms with Crippen LogP contribution in [0, 0.1) is 0 Å². The first-order chi connectivity index (χ1) is 14.8. The third kappa shape index (κ3) is 3.35. The zero-order valence-corrected chi connectivity index (χ0v) is 16.1. The standard InChI is InChI=1S/C24H19N5O/c25-23-22-21(28-24(29(22)27-16-26-23)18-10-5-2-6-11-18)19-12-7-13-20(14-19)30-15-17-8-3-1-4-9-17/h1-14,16H,15H2,(H2,25,26,27). The highest BCUT2D eigenvalue weighted by Gasteiger charge is 2.18. The Hall–Kier alpha value is -4.19. The molecule has 3 aromatic carbocycles. The Morgan fingerprint density at radius 1 is 0.833 bits per heavy atom. The minimum absolute atomic E-state index is 0.380. The second-order valence-electron chi connectivity index (χ2n) is 6.86. The Labute approximate surface area is 173 Å². The van der Waals surface area contributed by atoms with Crippen LogP contribution in [-0.2, 0) is 6.61 Å². The molecule has 0 saturated heterocycles. The molecule has 2 N–H and O–H groups in total. The molecule has 0 fully saturated rings. The van der Waals surface area contributed by atoms with Gasteiger partial charge in [0.05, 0.1) is 0 Å². The van der Waals surface area contributed by atoms with Crippen molar-refractivity contribution in [1.29, 1.82) is 0 Å². The SMILES string of the molecule is Nc1ncnn2c(-c3ccccc3)nc(-c3cccc(OCc4ccccc4)c3)c12.